The van der Waals surface area contributed by atoms with E-state index in [0.717, 1.165) is 40.1 Å². The molecular weight excluding hydrogens is 420 g/mol. The van der Waals surface area contributed by atoms with Crippen LogP contribution in [0.2, 0.25) is 0 Å². The van der Waals surface area contributed by atoms with Crippen molar-refractivity contribution >= 4 is 23.4 Å². The standard InChI is InChI=1S/C25H28N4O2S/c1-15(2)12-13-32-25-26-23-22(27-28-25)20-14-16(3)10-11-21(20)29(18(5)30)24(31-23)19-9-7-6-8-17(19)4/h6-11,14-15,24H,12-13H2,1-5H3. The minimum atomic E-state index is -0.651. The lowest BCUT2D eigenvalue weighted by molar-refractivity contribution is -0.118. The third kappa shape index (κ3) is 4.48. The van der Waals surface area contributed by atoms with Crippen molar-refractivity contribution in [1.82, 2.24) is 15.2 Å². The predicted molar refractivity (Wildman–Crippen MR) is 128 cm³/mol. The van der Waals surface area contributed by atoms with Crippen molar-refractivity contribution in [3.63, 3.8) is 0 Å². The van der Waals surface area contributed by atoms with Gasteiger partial charge in [-0.2, -0.15) is 4.98 Å². The number of aryl methyl sites for hydroxylation is 2. The summed E-state index contributed by atoms with van der Waals surface area (Å²) in [6.45, 7) is 9.98. The van der Waals surface area contributed by atoms with Gasteiger partial charge in [-0.05, 0) is 43.9 Å². The number of carbonyl (C=O) groups excluding carboxylic acids is 1. The van der Waals surface area contributed by atoms with Crippen LogP contribution in [0, 0.1) is 19.8 Å². The first kappa shape index (κ1) is 22.3. The first-order chi connectivity index (χ1) is 15.3. The van der Waals surface area contributed by atoms with Crippen LogP contribution in [0.1, 0.15) is 50.1 Å². The van der Waals surface area contributed by atoms with E-state index < -0.39 is 6.23 Å². The van der Waals surface area contributed by atoms with Gasteiger partial charge in [-0.3, -0.25) is 9.69 Å². The van der Waals surface area contributed by atoms with E-state index >= 15 is 0 Å². The number of hydrogen-bond donors (Lipinski definition) is 0. The molecule has 4 rings (SSSR count). The lowest BCUT2D eigenvalue weighted by Gasteiger charge is -2.30. The molecule has 0 spiro atoms. The smallest absolute Gasteiger partial charge is 0.247 e. The number of nitrogens with zero attached hydrogens (tertiary/aromatic N) is 4. The SMILES string of the molecule is CC(=O)N1c2ccc(C)cc2-c2nnc(SCCC(C)C)nc2OC1c1ccccc1C. The van der Waals surface area contributed by atoms with Crippen molar-refractivity contribution in [2.24, 2.45) is 5.92 Å². The summed E-state index contributed by atoms with van der Waals surface area (Å²) < 4.78 is 6.47. The Morgan fingerprint density at radius 1 is 1.16 bits per heavy atom. The Labute approximate surface area is 193 Å². The number of rotatable bonds is 5. The average Bonchev–Trinajstić information content (AvgIpc) is 2.88. The zero-order valence-corrected chi connectivity index (χ0v) is 19.9. The van der Waals surface area contributed by atoms with Crippen LogP contribution in [0.15, 0.2) is 47.6 Å². The number of amides is 1. The second-order valence-corrected chi connectivity index (χ2v) is 9.58. The highest BCUT2D eigenvalue weighted by Crippen LogP contribution is 2.44. The van der Waals surface area contributed by atoms with Gasteiger partial charge in [0.2, 0.25) is 23.2 Å². The first-order valence-corrected chi connectivity index (χ1v) is 11.8. The maximum absolute atomic E-state index is 12.9. The molecule has 7 heteroatoms. The summed E-state index contributed by atoms with van der Waals surface area (Å²) in [7, 11) is 0. The molecule has 3 aromatic rings. The van der Waals surface area contributed by atoms with E-state index in [-0.39, 0.29) is 5.91 Å². The molecule has 6 nitrogen and oxygen atoms in total. The summed E-state index contributed by atoms with van der Waals surface area (Å²) in [6.07, 6.45) is 0.416. The zero-order chi connectivity index (χ0) is 22.8. The van der Waals surface area contributed by atoms with Crippen molar-refractivity contribution < 1.29 is 9.53 Å². The molecule has 0 bridgehead atoms. The Balaban J connectivity index is 1.86. The number of aromatic nitrogens is 3. The molecule has 32 heavy (non-hydrogen) atoms. The molecule has 0 fully saturated rings. The van der Waals surface area contributed by atoms with Crippen LogP contribution in [0.4, 0.5) is 5.69 Å². The Bertz CT molecular complexity index is 1150. The molecule has 1 unspecified atom stereocenters. The second kappa shape index (κ2) is 9.28. The largest absolute Gasteiger partial charge is 0.447 e. The van der Waals surface area contributed by atoms with Crippen LogP contribution < -0.4 is 9.64 Å². The molecule has 1 aliphatic heterocycles. The van der Waals surface area contributed by atoms with Gasteiger partial charge in [-0.25, -0.2) is 0 Å². The Kier molecular flexibility index (Phi) is 6.46. The molecule has 166 valence electrons. The summed E-state index contributed by atoms with van der Waals surface area (Å²) in [5.41, 5.74) is 5.10. The summed E-state index contributed by atoms with van der Waals surface area (Å²) in [4.78, 5) is 19.3. The highest BCUT2D eigenvalue weighted by molar-refractivity contribution is 7.99. The molecule has 1 aromatic heterocycles. The van der Waals surface area contributed by atoms with Crippen LogP contribution in [0.3, 0.4) is 0 Å². The third-order valence-electron chi connectivity index (χ3n) is 5.48. The van der Waals surface area contributed by atoms with Gasteiger partial charge in [0.25, 0.3) is 0 Å². The normalized spacial score (nSPS) is 15.1. The lowest BCUT2D eigenvalue weighted by atomic mass is 10.0. The number of fused-ring (bicyclic) bond motifs is 3. The molecule has 0 aliphatic carbocycles. The zero-order valence-electron chi connectivity index (χ0n) is 19.1. The Morgan fingerprint density at radius 3 is 2.66 bits per heavy atom. The van der Waals surface area contributed by atoms with Crippen molar-refractivity contribution in [1.29, 1.82) is 0 Å². The predicted octanol–water partition coefficient (Wildman–Crippen LogP) is 5.74. The van der Waals surface area contributed by atoms with Crippen molar-refractivity contribution in [2.45, 2.75) is 52.4 Å². The molecule has 0 saturated heterocycles. The van der Waals surface area contributed by atoms with Gasteiger partial charge in [0.1, 0.15) is 0 Å². The Morgan fingerprint density at radius 2 is 1.94 bits per heavy atom. The summed E-state index contributed by atoms with van der Waals surface area (Å²) in [6, 6.07) is 13.9. The second-order valence-electron chi connectivity index (χ2n) is 8.52. The molecular formula is C25H28N4O2S. The van der Waals surface area contributed by atoms with Crippen LogP contribution >= 0.6 is 11.8 Å². The molecule has 0 N–H and O–H groups in total. The fraction of sp³-hybridized carbons (Fsp3) is 0.360. The number of hydrogen-bond acceptors (Lipinski definition) is 6. The molecule has 0 radical (unpaired) electrons. The summed E-state index contributed by atoms with van der Waals surface area (Å²) in [5.74, 6) is 1.80. The number of thioether (sulfide) groups is 1. The van der Waals surface area contributed by atoms with E-state index in [1.165, 1.54) is 0 Å². The number of anilines is 1. The van der Waals surface area contributed by atoms with Gasteiger partial charge in [0, 0.05) is 23.8 Å². The average molecular weight is 449 g/mol. The first-order valence-electron chi connectivity index (χ1n) is 10.9. The number of benzene rings is 2. The fourth-order valence-corrected chi connectivity index (χ4v) is 4.75. The van der Waals surface area contributed by atoms with Gasteiger partial charge in [-0.1, -0.05) is 61.5 Å². The van der Waals surface area contributed by atoms with Crippen LogP contribution in [-0.4, -0.2) is 26.8 Å². The maximum atomic E-state index is 12.9. The quantitative estimate of drug-likeness (QED) is 0.464. The molecule has 0 saturated carbocycles. The maximum Gasteiger partial charge on any atom is 0.247 e. The van der Waals surface area contributed by atoms with Crippen molar-refractivity contribution in [3.8, 4) is 17.1 Å². The minimum absolute atomic E-state index is 0.115. The van der Waals surface area contributed by atoms with Gasteiger partial charge < -0.3 is 4.74 Å². The van der Waals surface area contributed by atoms with Crippen LogP contribution in [0.5, 0.6) is 5.88 Å². The van der Waals surface area contributed by atoms with E-state index in [1.807, 2.05) is 56.3 Å². The van der Waals surface area contributed by atoms with Crippen molar-refractivity contribution in [3.05, 3.63) is 59.2 Å². The van der Waals surface area contributed by atoms with Gasteiger partial charge in [0.15, 0.2) is 5.69 Å². The number of ether oxygens (including phenoxy) is 1. The van der Waals surface area contributed by atoms with E-state index in [9.17, 15) is 4.79 Å². The van der Waals surface area contributed by atoms with Crippen molar-refractivity contribution in [2.75, 3.05) is 10.7 Å². The van der Waals surface area contributed by atoms with Crippen LogP contribution in [0.25, 0.3) is 11.3 Å². The van der Waals surface area contributed by atoms with E-state index in [0.29, 0.717) is 22.6 Å². The molecule has 2 heterocycles. The summed E-state index contributed by atoms with van der Waals surface area (Å²) in [5, 5.41) is 9.45. The fourth-order valence-electron chi connectivity index (χ4n) is 3.73. The highest BCUT2D eigenvalue weighted by Gasteiger charge is 2.35. The van der Waals surface area contributed by atoms with E-state index in [1.54, 1.807) is 23.6 Å². The molecule has 2 aromatic carbocycles. The monoisotopic (exact) mass is 448 g/mol. The van der Waals surface area contributed by atoms with E-state index in [2.05, 4.69) is 24.0 Å². The lowest BCUT2D eigenvalue weighted by Crippen LogP contribution is -2.36. The number of carbonyl (C=O) groups is 1. The molecule has 1 atom stereocenters. The Hall–Kier alpha value is -2.93. The molecule has 1 aliphatic rings. The molecule has 1 amide bonds. The van der Waals surface area contributed by atoms with Gasteiger partial charge in [0.05, 0.1) is 5.69 Å². The van der Waals surface area contributed by atoms with Crippen LogP contribution in [-0.2, 0) is 4.79 Å². The van der Waals surface area contributed by atoms with Gasteiger partial charge >= 0.3 is 0 Å². The van der Waals surface area contributed by atoms with Gasteiger partial charge in [-0.15, -0.1) is 10.2 Å². The topological polar surface area (TPSA) is 68.2 Å². The third-order valence-corrected chi connectivity index (χ3v) is 6.35. The summed E-state index contributed by atoms with van der Waals surface area (Å²) >= 11 is 1.57. The minimum Gasteiger partial charge on any atom is -0.447 e. The van der Waals surface area contributed by atoms with E-state index in [4.69, 9.17) is 9.72 Å². The highest BCUT2D eigenvalue weighted by atomic mass is 32.2.